The molecule has 1 aliphatic heterocycles. The summed E-state index contributed by atoms with van der Waals surface area (Å²) in [6.07, 6.45) is 10.7. The second-order valence-corrected chi connectivity index (χ2v) is 5.76. The van der Waals surface area contributed by atoms with E-state index in [1.54, 1.807) is 18.7 Å². The van der Waals surface area contributed by atoms with E-state index in [1.807, 2.05) is 28.6 Å². The number of amides is 1. The van der Waals surface area contributed by atoms with E-state index in [0.717, 1.165) is 31.5 Å². The molecule has 2 atom stereocenters. The molecule has 124 valence electrons. The number of hydrogen-bond acceptors (Lipinski definition) is 4. The van der Waals surface area contributed by atoms with Gasteiger partial charge in [-0.2, -0.15) is 5.10 Å². The van der Waals surface area contributed by atoms with Crippen molar-refractivity contribution in [1.82, 2.24) is 24.6 Å². The van der Waals surface area contributed by atoms with Gasteiger partial charge in [0.15, 0.2) is 0 Å². The summed E-state index contributed by atoms with van der Waals surface area (Å²) in [5, 5.41) is 7.30. The van der Waals surface area contributed by atoms with Gasteiger partial charge in [0.05, 0.1) is 24.5 Å². The first-order valence-electron chi connectivity index (χ1n) is 8.15. The maximum atomic E-state index is 12.4. The molecule has 0 radical (unpaired) electrons. The minimum Gasteiger partial charge on any atom is -0.373 e. The fraction of sp³-hybridized carbons (Fsp3) is 0.562. The minimum atomic E-state index is -0.177. The monoisotopic (exact) mass is 317 g/mol. The Morgan fingerprint density at radius 1 is 1.52 bits per heavy atom. The molecule has 2 aromatic heterocycles. The van der Waals surface area contributed by atoms with Crippen LogP contribution in [0.1, 0.15) is 31.4 Å². The lowest BCUT2D eigenvalue weighted by Gasteiger charge is -2.17. The van der Waals surface area contributed by atoms with Crippen molar-refractivity contribution in [3.8, 4) is 0 Å². The quantitative estimate of drug-likeness (QED) is 0.783. The molecule has 2 aromatic rings. The number of imidazole rings is 1. The van der Waals surface area contributed by atoms with E-state index in [2.05, 4.69) is 15.4 Å². The van der Waals surface area contributed by atoms with Crippen LogP contribution in [0.4, 0.5) is 0 Å². The molecule has 1 amide bonds. The molecule has 0 saturated carbocycles. The van der Waals surface area contributed by atoms with Crippen molar-refractivity contribution in [1.29, 1.82) is 0 Å². The largest absolute Gasteiger partial charge is 0.373 e. The van der Waals surface area contributed by atoms with Gasteiger partial charge in [0.2, 0.25) is 5.91 Å². The fourth-order valence-corrected chi connectivity index (χ4v) is 2.91. The number of ether oxygens (including phenoxy) is 1. The second-order valence-electron chi connectivity index (χ2n) is 5.76. The van der Waals surface area contributed by atoms with E-state index in [1.165, 1.54) is 0 Å². The highest BCUT2D eigenvalue weighted by molar-refractivity contribution is 5.79. The molecule has 3 heterocycles. The van der Waals surface area contributed by atoms with Gasteiger partial charge < -0.3 is 14.6 Å². The third kappa shape index (κ3) is 3.79. The highest BCUT2D eigenvalue weighted by Crippen LogP contribution is 2.34. The van der Waals surface area contributed by atoms with Gasteiger partial charge in [-0.3, -0.25) is 9.48 Å². The van der Waals surface area contributed by atoms with Crippen LogP contribution in [0.25, 0.3) is 0 Å². The molecule has 1 saturated heterocycles. The van der Waals surface area contributed by atoms with E-state index in [4.69, 9.17) is 4.74 Å². The van der Waals surface area contributed by atoms with Crippen LogP contribution in [-0.2, 0) is 22.6 Å². The molecule has 7 nitrogen and oxygen atoms in total. The number of aryl methyl sites for hydroxylation is 2. The molecule has 0 bridgehead atoms. The first-order valence-corrected chi connectivity index (χ1v) is 8.15. The normalized spacial score (nSPS) is 20.7. The molecular formula is C16H23N5O2. The van der Waals surface area contributed by atoms with Gasteiger partial charge in [0.1, 0.15) is 0 Å². The highest BCUT2D eigenvalue weighted by atomic mass is 16.5. The van der Waals surface area contributed by atoms with Gasteiger partial charge in [0.25, 0.3) is 0 Å². The molecule has 1 N–H and O–H groups in total. The molecular weight excluding hydrogens is 294 g/mol. The van der Waals surface area contributed by atoms with E-state index in [9.17, 15) is 4.79 Å². The number of hydrogen-bond donors (Lipinski definition) is 1. The van der Waals surface area contributed by atoms with Crippen molar-refractivity contribution in [2.24, 2.45) is 5.92 Å². The van der Waals surface area contributed by atoms with Crippen LogP contribution in [0.5, 0.6) is 0 Å². The predicted octanol–water partition coefficient (Wildman–Crippen LogP) is 1.38. The van der Waals surface area contributed by atoms with Crippen LogP contribution in [-0.4, -0.2) is 38.4 Å². The number of aromatic nitrogens is 4. The summed E-state index contributed by atoms with van der Waals surface area (Å²) in [4.78, 5) is 16.4. The third-order valence-corrected chi connectivity index (χ3v) is 4.19. The van der Waals surface area contributed by atoms with Crippen molar-refractivity contribution in [2.45, 2.75) is 39.0 Å². The number of nitrogens with zero attached hydrogens (tertiary/aromatic N) is 4. The number of carbonyl (C=O) groups excluding carboxylic acids is 1. The van der Waals surface area contributed by atoms with E-state index < -0.39 is 0 Å². The summed E-state index contributed by atoms with van der Waals surface area (Å²) in [6, 6.07) is 0. The average molecular weight is 317 g/mol. The lowest BCUT2D eigenvalue weighted by molar-refractivity contribution is -0.126. The maximum absolute atomic E-state index is 12.4. The average Bonchev–Trinajstić information content (AvgIpc) is 3.31. The van der Waals surface area contributed by atoms with Crippen LogP contribution >= 0.6 is 0 Å². The van der Waals surface area contributed by atoms with E-state index in [-0.39, 0.29) is 17.9 Å². The Labute approximate surface area is 135 Å². The van der Waals surface area contributed by atoms with Crippen molar-refractivity contribution in [3.63, 3.8) is 0 Å². The molecule has 23 heavy (non-hydrogen) atoms. The van der Waals surface area contributed by atoms with Gasteiger partial charge in [-0.05, 0) is 19.8 Å². The topological polar surface area (TPSA) is 74.0 Å². The Morgan fingerprint density at radius 3 is 3.17 bits per heavy atom. The van der Waals surface area contributed by atoms with Gasteiger partial charge in [-0.15, -0.1) is 0 Å². The molecule has 3 rings (SSSR count). The Bertz CT molecular complexity index is 622. The lowest BCUT2D eigenvalue weighted by Crippen LogP contribution is -2.33. The Balaban J connectivity index is 1.49. The zero-order chi connectivity index (χ0) is 16.1. The smallest absolute Gasteiger partial charge is 0.226 e. The first-order chi connectivity index (χ1) is 11.3. The van der Waals surface area contributed by atoms with Crippen molar-refractivity contribution in [3.05, 3.63) is 36.7 Å². The summed E-state index contributed by atoms with van der Waals surface area (Å²) >= 11 is 0. The lowest BCUT2D eigenvalue weighted by atomic mass is 9.96. The predicted molar refractivity (Wildman–Crippen MR) is 84.6 cm³/mol. The minimum absolute atomic E-state index is 0.0716. The summed E-state index contributed by atoms with van der Waals surface area (Å²) in [6.45, 7) is 4.99. The first kappa shape index (κ1) is 15.7. The summed E-state index contributed by atoms with van der Waals surface area (Å²) < 4.78 is 9.63. The van der Waals surface area contributed by atoms with Crippen LogP contribution in [0.15, 0.2) is 31.1 Å². The van der Waals surface area contributed by atoms with Crippen molar-refractivity contribution >= 4 is 5.91 Å². The standard InChI is InChI=1S/C16H23N5O2/c1-2-21-11-13(10-19-21)15-14(4-9-23-15)16(22)18-5-3-7-20-8-6-17-12-20/h6,8,10-12,14-15H,2-5,7,9H2,1H3,(H,18,22)/t14-,15+/m0/s1. The van der Waals surface area contributed by atoms with Crippen molar-refractivity contribution in [2.75, 3.05) is 13.2 Å². The van der Waals surface area contributed by atoms with Gasteiger partial charge >= 0.3 is 0 Å². The third-order valence-electron chi connectivity index (χ3n) is 4.19. The SMILES string of the molecule is CCn1cc([C@H]2OCC[C@@H]2C(=O)NCCCn2ccnc2)cn1. The molecule has 1 fully saturated rings. The fourth-order valence-electron chi connectivity index (χ4n) is 2.91. The Hall–Kier alpha value is -2.15. The number of carbonyl (C=O) groups is 1. The second kappa shape index (κ2) is 7.41. The van der Waals surface area contributed by atoms with E-state index >= 15 is 0 Å². The summed E-state index contributed by atoms with van der Waals surface area (Å²) in [5.41, 5.74) is 0.989. The summed E-state index contributed by atoms with van der Waals surface area (Å²) in [5.74, 6) is -0.0554. The van der Waals surface area contributed by atoms with Gasteiger partial charge in [-0.1, -0.05) is 0 Å². The van der Waals surface area contributed by atoms with E-state index in [0.29, 0.717) is 13.2 Å². The zero-order valence-electron chi connectivity index (χ0n) is 13.4. The van der Waals surface area contributed by atoms with Gasteiger partial charge in [-0.25, -0.2) is 4.98 Å². The summed E-state index contributed by atoms with van der Waals surface area (Å²) in [7, 11) is 0. The zero-order valence-corrected chi connectivity index (χ0v) is 13.4. The van der Waals surface area contributed by atoms with Crippen molar-refractivity contribution < 1.29 is 9.53 Å². The Morgan fingerprint density at radius 2 is 2.43 bits per heavy atom. The molecule has 0 spiro atoms. The molecule has 1 aliphatic rings. The number of rotatable bonds is 7. The highest BCUT2D eigenvalue weighted by Gasteiger charge is 2.35. The molecule has 0 unspecified atom stereocenters. The van der Waals surface area contributed by atoms with Crippen LogP contribution in [0.3, 0.4) is 0 Å². The van der Waals surface area contributed by atoms with Crippen LogP contribution in [0, 0.1) is 5.92 Å². The number of nitrogens with one attached hydrogen (secondary N) is 1. The van der Waals surface area contributed by atoms with Crippen LogP contribution in [0.2, 0.25) is 0 Å². The Kier molecular flexibility index (Phi) is 5.07. The molecule has 7 heteroatoms. The van der Waals surface area contributed by atoms with Crippen LogP contribution < -0.4 is 5.32 Å². The molecule has 0 aliphatic carbocycles. The maximum Gasteiger partial charge on any atom is 0.226 e. The molecule has 0 aromatic carbocycles. The van der Waals surface area contributed by atoms with Gasteiger partial charge in [0, 0.05) is 50.4 Å².